The summed E-state index contributed by atoms with van der Waals surface area (Å²) in [5.74, 6) is 0.952. The van der Waals surface area contributed by atoms with E-state index in [-0.39, 0.29) is 24.8 Å². The highest BCUT2D eigenvalue weighted by Gasteiger charge is 2.15. The van der Waals surface area contributed by atoms with Crippen molar-refractivity contribution in [1.82, 2.24) is 29.6 Å². The molecule has 0 aromatic carbocycles. The summed E-state index contributed by atoms with van der Waals surface area (Å²) in [6, 6.07) is 2.16. The fourth-order valence-electron chi connectivity index (χ4n) is 2.98. The van der Waals surface area contributed by atoms with Crippen LogP contribution >= 0.6 is 36.2 Å². The van der Waals surface area contributed by atoms with Gasteiger partial charge in [0, 0.05) is 43.3 Å². The number of thiazole rings is 1. The Morgan fingerprint density at radius 3 is 2.96 bits per heavy atom. The normalized spacial score (nSPS) is 13.5. The maximum Gasteiger partial charge on any atom is 0.160 e. The summed E-state index contributed by atoms with van der Waals surface area (Å²) in [6.07, 6.45) is 5.99. The van der Waals surface area contributed by atoms with Crippen LogP contribution < -0.4 is 5.32 Å². The number of hydrogen-bond donors (Lipinski definition) is 1. The molecule has 0 atom stereocenters. The zero-order valence-electron chi connectivity index (χ0n) is 14.0. The molecule has 25 heavy (non-hydrogen) atoms. The Hall–Kier alpha value is -1.41. The molecule has 0 radical (unpaired) electrons. The number of aromatic nitrogens is 5. The second-order valence-electron chi connectivity index (χ2n) is 5.83. The van der Waals surface area contributed by atoms with Crippen molar-refractivity contribution in [3.8, 4) is 11.5 Å². The van der Waals surface area contributed by atoms with Crippen molar-refractivity contribution in [3.05, 3.63) is 40.2 Å². The van der Waals surface area contributed by atoms with E-state index < -0.39 is 0 Å². The number of nitrogens with one attached hydrogen (secondary N) is 1. The van der Waals surface area contributed by atoms with E-state index in [9.17, 15) is 0 Å². The number of aryl methyl sites for hydroxylation is 4. The van der Waals surface area contributed by atoms with Gasteiger partial charge in [-0.3, -0.25) is 4.68 Å². The highest BCUT2D eigenvalue weighted by molar-refractivity contribution is 7.09. The Bertz CT molecular complexity index is 786. The van der Waals surface area contributed by atoms with E-state index in [2.05, 4.69) is 37.5 Å². The summed E-state index contributed by atoms with van der Waals surface area (Å²) in [6.45, 7) is 5.89. The van der Waals surface area contributed by atoms with E-state index in [1.807, 2.05) is 17.9 Å². The van der Waals surface area contributed by atoms with Crippen LogP contribution in [0.15, 0.2) is 24.0 Å². The zero-order valence-corrected chi connectivity index (χ0v) is 16.5. The molecule has 0 spiro atoms. The highest BCUT2D eigenvalue weighted by atomic mass is 35.5. The number of fused-ring (bicyclic) bond motifs is 1. The van der Waals surface area contributed by atoms with E-state index in [1.54, 1.807) is 11.3 Å². The molecule has 0 bridgehead atoms. The van der Waals surface area contributed by atoms with Gasteiger partial charge in [0.15, 0.2) is 5.82 Å². The van der Waals surface area contributed by atoms with E-state index in [0.29, 0.717) is 0 Å². The molecule has 3 aromatic rings. The summed E-state index contributed by atoms with van der Waals surface area (Å²) in [7, 11) is 0. The number of halogens is 2. The smallest absolute Gasteiger partial charge is 0.160 e. The van der Waals surface area contributed by atoms with Crippen molar-refractivity contribution >= 4 is 36.2 Å². The first-order valence-corrected chi connectivity index (χ1v) is 8.87. The average Bonchev–Trinajstić information content (AvgIpc) is 3.23. The molecule has 0 aliphatic carbocycles. The SMILES string of the molecule is Cc1ncsc1CCn1ccnc1-c1cc2n(n1)CCCNC2.Cl.Cl. The molecule has 4 rings (SSSR count). The van der Waals surface area contributed by atoms with Gasteiger partial charge in [0.05, 0.1) is 16.9 Å². The fourth-order valence-corrected chi connectivity index (χ4v) is 3.75. The monoisotopic (exact) mass is 400 g/mol. The van der Waals surface area contributed by atoms with Gasteiger partial charge in [-0.15, -0.1) is 36.2 Å². The molecule has 4 heterocycles. The lowest BCUT2D eigenvalue weighted by atomic mass is 10.3. The molecule has 0 unspecified atom stereocenters. The predicted molar refractivity (Wildman–Crippen MR) is 105 cm³/mol. The highest BCUT2D eigenvalue weighted by Crippen LogP contribution is 2.20. The Morgan fingerprint density at radius 1 is 1.28 bits per heavy atom. The summed E-state index contributed by atoms with van der Waals surface area (Å²) in [4.78, 5) is 10.2. The molecule has 1 aliphatic heterocycles. The first-order valence-electron chi connectivity index (χ1n) is 7.99. The Balaban J connectivity index is 0.00000113. The van der Waals surface area contributed by atoms with Gasteiger partial charge in [-0.2, -0.15) is 5.10 Å². The minimum absolute atomic E-state index is 0. The van der Waals surface area contributed by atoms with Gasteiger partial charge in [-0.05, 0) is 26.0 Å². The number of hydrogen-bond acceptors (Lipinski definition) is 5. The maximum absolute atomic E-state index is 4.76. The van der Waals surface area contributed by atoms with Crippen LogP contribution in [-0.2, 0) is 26.1 Å². The van der Waals surface area contributed by atoms with Crippen LogP contribution in [0, 0.1) is 6.92 Å². The maximum atomic E-state index is 4.76. The zero-order chi connectivity index (χ0) is 15.6. The van der Waals surface area contributed by atoms with Gasteiger partial charge in [0.1, 0.15) is 5.69 Å². The van der Waals surface area contributed by atoms with Gasteiger partial charge in [-0.1, -0.05) is 0 Å². The van der Waals surface area contributed by atoms with Crippen LogP contribution in [0.1, 0.15) is 22.7 Å². The number of imidazole rings is 1. The molecule has 0 amide bonds. The fraction of sp³-hybridized carbons (Fsp3) is 0.438. The lowest BCUT2D eigenvalue weighted by Gasteiger charge is -2.05. The molecule has 9 heteroatoms. The first-order chi connectivity index (χ1) is 11.3. The second-order valence-corrected chi connectivity index (χ2v) is 6.77. The molecule has 0 saturated carbocycles. The summed E-state index contributed by atoms with van der Waals surface area (Å²) in [5.41, 5.74) is 5.26. The van der Waals surface area contributed by atoms with Crippen LogP contribution in [0.25, 0.3) is 11.5 Å². The lowest BCUT2D eigenvalue weighted by molar-refractivity contribution is 0.587. The van der Waals surface area contributed by atoms with E-state index >= 15 is 0 Å². The van der Waals surface area contributed by atoms with Crippen molar-refractivity contribution in [1.29, 1.82) is 0 Å². The third kappa shape index (κ3) is 4.23. The van der Waals surface area contributed by atoms with E-state index in [1.165, 1.54) is 10.6 Å². The van der Waals surface area contributed by atoms with Crippen molar-refractivity contribution in [2.45, 2.75) is 39.4 Å². The molecular formula is C16H22Cl2N6S. The van der Waals surface area contributed by atoms with Crippen molar-refractivity contribution in [2.75, 3.05) is 6.54 Å². The van der Waals surface area contributed by atoms with Crippen molar-refractivity contribution < 1.29 is 0 Å². The minimum Gasteiger partial charge on any atom is -0.329 e. The van der Waals surface area contributed by atoms with E-state index in [0.717, 1.165) is 56.2 Å². The van der Waals surface area contributed by atoms with Gasteiger partial charge in [-0.25, -0.2) is 9.97 Å². The Kier molecular flexibility index (Phi) is 7.01. The Labute approximate surface area is 163 Å². The van der Waals surface area contributed by atoms with Crippen LogP contribution in [0.5, 0.6) is 0 Å². The third-order valence-electron chi connectivity index (χ3n) is 4.26. The molecule has 6 nitrogen and oxygen atoms in total. The quantitative estimate of drug-likeness (QED) is 0.730. The largest absolute Gasteiger partial charge is 0.329 e. The van der Waals surface area contributed by atoms with E-state index in [4.69, 9.17) is 5.10 Å². The number of rotatable bonds is 4. The molecule has 1 aliphatic rings. The topological polar surface area (TPSA) is 60.6 Å². The van der Waals surface area contributed by atoms with Crippen LogP contribution in [0.4, 0.5) is 0 Å². The van der Waals surface area contributed by atoms with Gasteiger partial charge in [0.2, 0.25) is 0 Å². The average molecular weight is 401 g/mol. The predicted octanol–water partition coefficient (Wildman–Crippen LogP) is 3.09. The molecular weight excluding hydrogens is 379 g/mol. The van der Waals surface area contributed by atoms with Gasteiger partial charge >= 0.3 is 0 Å². The van der Waals surface area contributed by atoms with Crippen LogP contribution in [-0.4, -0.2) is 30.9 Å². The summed E-state index contributed by atoms with van der Waals surface area (Å²) >= 11 is 1.72. The summed E-state index contributed by atoms with van der Waals surface area (Å²) < 4.78 is 4.30. The standard InChI is InChI=1S/C16H20N6S.2ClH/c1-12-15(23-11-19-12)3-7-21-8-5-18-16(21)14-9-13-10-17-4-2-6-22(13)20-14;;/h5,8-9,11,17H,2-4,6-7,10H2,1H3;2*1H. The second kappa shape index (κ2) is 8.80. The Morgan fingerprint density at radius 2 is 2.16 bits per heavy atom. The molecule has 136 valence electrons. The number of nitrogens with zero attached hydrogens (tertiary/aromatic N) is 5. The molecule has 0 saturated heterocycles. The van der Waals surface area contributed by atoms with Crippen molar-refractivity contribution in [3.63, 3.8) is 0 Å². The van der Waals surface area contributed by atoms with Crippen molar-refractivity contribution in [2.24, 2.45) is 0 Å². The first kappa shape index (κ1) is 19.9. The molecule has 1 N–H and O–H groups in total. The molecule has 0 fully saturated rings. The lowest BCUT2D eigenvalue weighted by Crippen LogP contribution is -2.11. The minimum atomic E-state index is 0. The van der Waals surface area contributed by atoms with Gasteiger partial charge < -0.3 is 9.88 Å². The van der Waals surface area contributed by atoms with Gasteiger partial charge in [0.25, 0.3) is 0 Å². The van der Waals surface area contributed by atoms with Crippen LogP contribution in [0.2, 0.25) is 0 Å². The third-order valence-corrected chi connectivity index (χ3v) is 5.26. The molecule has 3 aromatic heterocycles. The van der Waals surface area contributed by atoms with Crippen LogP contribution in [0.3, 0.4) is 0 Å². The summed E-state index contributed by atoms with van der Waals surface area (Å²) in [5, 5.41) is 8.19.